The molecule has 0 saturated heterocycles. The van der Waals surface area contributed by atoms with Gasteiger partial charge in [-0.1, -0.05) is 66.7 Å². The van der Waals surface area contributed by atoms with Crippen LogP contribution in [0.5, 0.6) is 0 Å². The highest BCUT2D eigenvalue weighted by molar-refractivity contribution is 5.57. The number of aryl methyl sites for hydroxylation is 1. The van der Waals surface area contributed by atoms with Crippen LogP contribution in [0.15, 0.2) is 60.7 Å². The molecule has 3 rings (SSSR count). The van der Waals surface area contributed by atoms with E-state index in [1.807, 2.05) is 24.3 Å². The van der Waals surface area contributed by atoms with Crippen molar-refractivity contribution in [2.24, 2.45) is 5.92 Å². The SMILES string of the molecule is O[C@@H]1c2ccccc2C=C[C@@H]1CCc1ccccc1. The first-order valence-electron chi connectivity index (χ1n) is 6.84. The van der Waals surface area contributed by atoms with Gasteiger partial charge in [0.2, 0.25) is 0 Å². The summed E-state index contributed by atoms with van der Waals surface area (Å²) in [6.45, 7) is 0. The summed E-state index contributed by atoms with van der Waals surface area (Å²) in [4.78, 5) is 0. The van der Waals surface area contributed by atoms with E-state index >= 15 is 0 Å². The van der Waals surface area contributed by atoms with Gasteiger partial charge in [-0.2, -0.15) is 0 Å². The molecular formula is C18H18O. The van der Waals surface area contributed by atoms with Crippen LogP contribution in [0.4, 0.5) is 0 Å². The lowest BCUT2D eigenvalue weighted by Crippen LogP contribution is -2.15. The summed E-state index contributed by atoms with van der Waals surface area (Å²) in [5, 5.41) is 10.4. The molecule has 0 aliphatic heterocycles. The van der Waals surface area contributed by atoms with Crippen molar-refractivity contribution in [3.05, 3.63) is 77.4 Å². The van der Waals surface area contributed by atoms with Gasteiger partial charge >= 0.3 is 0 Å². The average Bonchev–Trinajstić information content (AvgIpc) is 2.48. The van der Waals surface area contributed by atoms with Crippen molar-refractivity contribution in [1.82, 2.24) is 0 Å². The second-order valence-electron chi connectivity index (χ2n) is 5.12. The van der Waals surface area contributed by atoms with E-state index in [0.29, 0.717) is 0 Å². The van der Waals surface area contributed by atoms with Crippen molar-refractivity contribution in [2.45, 2.75) is 18.9 Å². The highest BCUT2D eigenvalue weighted by Crippen LogP contribution is 2.34. The molecule has 0 spiro atoms. The Bertz CT molecular complexity index is 571. The Morgan fingerprint density at radius 2 is 1.63 bits per heavy atom. The van der Waals surface area contributed by atoms with Crippen LogP contribution in [-0.4, -0.2) is 5.11 Å². The maximum atomic E-state index is 10.4. The molecule has 0 aromatic heterocycles. The summed E-state index contributed by atoms with van der Waals surface area (Å²) in [5.41, 5.74) is 3.54. The van der Waals surface area contributed by atoms with E-state index in [9.17, 15) is 5.11 Å². The van der Waals surface area contributed by atoms with Gasteiger partial charge in [0.15, 0.2) is 0 Å². The van der Waals surface area contributed by atoms with E-state index in [4.69, 9.17) is 0 Å². The summed E-state index contributed by atoms with van der Waals surface area (Å²) < 4.78 is 0. The Balaban J connectivity index is 1.71. The fourth-order valence-corrected chi connectivity index (χ4v) is 2.73. The van der Waals surface area contributed by atoms with Crippen LogP contribution >= 0.6 is 0 Å². The van der Waals surface area contributed by atoms with Crippen LogP contribution in [0.25, 0.3) is 6.08 Å². The smallest absolute Gasteiger partial charge is 0.0858 e. The van der Waals surface area contributed by atoms with Crippen LogP contribution in [0.1, 0.15) is 29.2 Å². The van der Waals surface area contributed by atoms with Gasteiger partial charge in [-0.05, 0) is 29.5 Å². The minimum atomic E-state index is -0.370. The highest BCUT2D eigenvalue weighted by atomic mass is 16.3. The molecule has 96 valence electrons. The molecule has 0 heterocycles. The van der Waals surface area contributed by atoms with Crippen LogP contribution in [-0.2, 0) is 6.42 Å². The molecule has 0 fully saturated rings. The predicted molar refractivity (Wildman–Crippen MR) is 78.7 cm³/mol. The van der Waals surface area contributed by atoms with Crippen LogP contribution < -0.4 is 0 Å². The van der Waals surface area contributed by atoms with Crippen molar-refractivity contribution in [1.29, 1.82) is 0 Å². The molecule has 1 aliphatic carbocycles. The van der Waals surface area contributed by atoms with Crippen molar-refractivity contribution < 1.29 is 5.11 Å². The van der Waals surface area contributed by atoms with Crippen molar-refractivity contribution >= 4 is 6.08 Å². The largest absolute Gasteiger partial charge is 0.388 e. The summed E-state index contributed by atoms with van der Waals surface area (Å²) in [6.07, 6.45) is 5.91. The van der Waals surface area contributed by atoms with E-state index in [0.717, 1.165) is 24.0 Å². The van der Waals surface area contributed by atoms with Gasteiger partial charge < -0.3 is 5.11 Å². The summed E-state index contributed by atoms with van der Waals surface area (Å²) >= 11 is 0. The second kappa shape index (κ2) is 5.41. The number of benzene rings is 2. The highest BCUT2D eigenvalue weighted by Gasteiger charge is 2.23. The van der Waals surface area contributed by atoms with Gasteiger partial charge in [-0.25, -0.2) is 0 Å². The molecule has 0 amide bonds. The lowest BCUT2D eigenvalue weighted by molar-refractivity contribution is 0.125. The molecule has 0 bridgehead atoms. The summed E-state index contributed by atoms with van der Waals surface area (Å²) in [5.74, 6) is 0.218. The molecule has 1 nitrogen and oxygen atoms in total. The van der Waals surface area contributed by atoms with E-state index < -0.39 is 0 Å². The number of rotatable bonds is 3. The molecule has 19 heavy (non-hydrogen) atoms. The minimum Gasteiger partial charge on any atom is -0.388 e. The quantitative estimate of drug-likeness (QED) is 0.873. The van der Waals surface area contributed by atoms with Gasteiger partial charge in [0.05, 0.1) is 6.10 Å². The lowest BCUT2D eigenvalue weighted by atomic mass is 9.83. The molecule has 1 heteroatoms. The molecule has 1 aliphatic rings. The number of hydrogen-bond acceptors (Lipinski definition) is 1. The maximum absolute atomic E-state index is 10.4. The molecule has 0 saturated carbocycles. The molecular weight excluding hydrogens is 232 g/mol. The summed E-state index contributed by atoms with van der Waals surface area (Å²) in [7, 11) is 0. The molecule has 0 radical (unpaired) electrons. The number of hydrogen-bond donors (Lipinski definition) is 1. The Hall–Kier alpha value is -1.86. The van der Waals surface area contributed by atoms with E-state index in [2.05, 4.69) is 42.5 Å². The zero-order valence-corrected chi connectivity index (χ0v) is 10.9. The normalized spacial score (nSPS) is 21.1. The van der Waals surface area contributed by atoms with Crippen molar-refractivity contribution in [3.63, 3.8) is 0 Å². The first-order valence-corrected chi connectivity index (χ1v) is 6.84. The Labute approximate surface area is 114 Å². The molecule has 2 atom stereocenters. The average molecular weight is 250 g/mol. The number of aliphatic hydroxyl groups is 1. The van der Waals surface area contributed by atoms with Gasteiger partial charge in [0.25, 0.3) is 0 Å². The molecule has 2 aromatic carbocycles. The monoisotopic (exact) mass is 250 g/mol. The summed E-state index contributed by atoms with van der Waals surface area (Å²) in [6, 6.07) is 18.6. The molecule has 0 unspecified atom stereocenters. The fraction of sp³-hybridized carbons (Fsp3) is 0.222. The van der Waals surface area contributed by atoms with Crippen molar-refractivity contribution in [3.8, 4) is 0 Å². The Morgan fingerprint density at radius 1 is 0.895 bits per heavy atom. The number of aliphatic hydroxyl groups excluding tert-OH is 1. The Morgan fingerprint density at radius 3 is 2.47 bits per heavy atom. The van der Waals surface area contributed by atoms with E-state index in [1.165, 1.54) is 5.56 Å². The van der Waals surface area contributed by atoms with Crippen LogP contribution in [0.3, 0.4) is 0 Å². The first-order chi connectivity index (χ1) is 9.34. The third-order valence-electron chi connectivity index (χ3n) is 3.85. The van der Waals surface area contributed by atoms with Gasteiger partial charge in [-0.3, -0.25) is 0 Å². The van der Waals surface area contributed by atoms with E-state index in [-0.39, 0.29) is 12.0 Å². The van der Waals surface area contributed by atoms with Gasteiger partial charge in [0, 0.05) is 5.92 Å². The third kappa shape index (κ3) is 2.61. The standard InChI is InChI=1S/C18H18O/c19-18-16(11-10-14-6-2-1-3-7-14)13-12-15-8-4-5-9-17(15)18/h1-9,12-13,16,18-19H,10-11H2/t16-,18-/m0/s1. The van der Waals surface area contributed by atoms with Gasteiger partial charge in [0.1, 0.15) is 0 Å². The molecule has 1 N–H and O–H groups in total. The van der Waals surface area contributed by atoms with Crippen LogP contribution in [0, 0.1) is 5.92 Å². The Kier molecular flexibility index (Phi) is 3.47. The van der Waals surface area contributed by atoms with Gasteiger partial charge in [-0.15, -0.1) is 0 Å². The third-order valence-corrected chi connectivity index (χ3v) is 3.85. The number of fused-ring (bicyclic) bond motifs is 1. The minimum absolute atomic E-state index is 0.218. The fourth-order valence-electron chi connectivity index (χ4n) is 2.73. The van der Waals surface area contributed by atoms with E-state index in [1.54, 1.807) is 0 Å². The van der Waals surface area contributed by atoms with Crippen molar-refractivity contribution in [2.75, 3.05) is 0 Å². The maximum Gasteiger partial charge on any atom is 0.0858 e. The predicted octanol–water partition coefficient (Wildman–Crippen LogP) is 4.00. The zero-order chi connectivity index (χ0) is 13.1. The van der Waals surface area contributed by atoms with Crippen LogP contribution in [0.2, 0.25) is 0 Å². The lowest BCUT2D eigenvalue weighted by Gasteiger charge is -2.25. The first kappa shape index (κ1) is 12.2. The zero-order valence-electron chi connectivity index (χ0n) is 10.9. The topological polar surface area (TPSA) is 20.2 Å². The second-order valence-corrected chi connectivity index (χ2v) is 5.12. The molecule has 2 aromatic rings.